The van der Waals surface area contributed by atoms with Crippen molar-refractivity contribution in [1.29, 1.82) is 0 Å². The summed E-state index contributed by atoms with van der Waals surface area (Å²) < 4.78 is 0. The Kier molecular flexibility index (Phi) is 6.58. The lowest BCUT2D eigenvalue weighted by molar-refractivity contribution is -0.119. The van der Waals surface area contributed by atoms with Gasteiger partial charge >= 0.3 is 0 Å². The molecule has 1 atom stereocenters. The summed E-state index contributed by atoms with van der Waals surface area (Å²) in [7, 11) is 0. The fraction of sp³-hybridized carbons (Fsp3) is 0.500. The van der Waals surface area contributed by atoms with E-state index in [-0.39, 0.29) is 11.9 Å². The van der Waals surface area contributed by atoms with Crippen LogP contribution in [-0.4, -0.2) is 17.7 Å². The van der Waals surface area contributed by atoms with Crippen LogP contribution in [-0.2, 0) is 10.5 Å². The number of hydrogen-bond acceptors (Lipinski definition) is 2. The molecule has 0 saturated carbocycles. The first-order chi connectivity index (χ1) is 8.49. The van der Waals surface area contributed by atoms with E-state index in [4.69, 9.17) is 11.6 Å². The molecule has 2 nitrogen and oxygen atoms in total. The van der Waals surface area contributed by atoms with Gasteiger partial charge in [0.15, 0.2) is 0 Å². The molecular weight excluding hydrogens is 266 g/mol. The average molecular weight is 286 g/mol. The molecule has 1 aromatic carbocycles. The first-order valence-electron chi connectivity index (χ1n) is 6.10. The minimum absolute atomic E-state index is 0.107. The lowest BCUT2D eigenvalue weighted by atomic mass is 10.1. The third kappa shape index (κ3) is 5.78. The first kappa shape index (κ1) is 15.4. The summed E-state index contributed by atoms with van der Waals surface area (Å²) >= 11 is 7.43. The van der Waals surface area contributed by atoms with Crippen molar-refractivity contribution in [2.45, 2.75) is 32.6 Å². The van der Waals surface area contributed by atoms with Crippen LogP contribution in [0.4, 0.5) is 0 Å². The van der Waals surface area contributed by atoms with Crippen molar-refractivity contribution in [3.8, 4) is 0 Å². The van der Waals surface area contributed by atoms with Gasteiger partial charge in [-0.25, -0.2) is 0 Å². The minimum Gasteiger partial charge on any atom is -0.353 e. The molecule has 0 aliphatic rings. The Bertz CT molecular complexity index is 378. The van der Waals surface area contributed by atoms with Gasteiger partial charge in [0.1, 0.15) is 0 Å². The Hall–Kier alpha value is -0.670. The van der Waals surface area contributed by atoms with Crippen LogP contribution in [0.25, 0.3) is 0 Å². The molecule has 1 amide bonds. The average Bonchev–Trinajstić information content (AvgIpc) is 2.31. The zero-order valence-corrected chi connectivity index (χ0v) is 12.6. The Labute approximate surface area is 118 Å². The summed E-state index contributed by atoms with van der Waals surface area (Å²) in [5.74, 6) is 1.91. The van der Waals surface area contributed by atoms with E-state index in [1.165, 1.54) is 5.56 Å². The van der Waals surface area contributed by atoms with Gasteiger partial charge < -0.3 is 5.32 Å². The highest BCUT2D eigenvalue weighted by molar-refractivity contribution is 7.99. The van der Waals surface area contributed by atoms with E-state index in [1.54, 1.807) is 11.8 Å². The maximum Gasteiger partial charge on any atom is 0.230 e. The van der Waals surface area contributed by atoms with Gasteiger partial charge in [-0.05, 0) is 30.5 Å². The van der Waals surface area contributed by atoms with Crippen LogP contribution >= 0.6 is 23.4 Å². The number of carbonyl (C=O) groups excluding carboxylic acids is 1. The largest absolute Gasteiger partial charge is 0.353 e. The molecule has 4 heteroatoms. The summed E-state index contributed by atoms with van der Waals surface area (Å²) in [6.45, 7) is 6.24. The van der Waals surface area contributed by atoms with E-state index in [0.29, 0.717) is 11.7 Å². The van der Waals surface area contributed by atoms with Crippen molar-refractivity contribution in [2.24, 2.45) is 5.92 Å². The Morgan fingerprint density at radius 1 is 1.28 bits per heavy atom. The SMILES string of the molecule is CC(C)C(C)NC(=O)CSCc1ccc(Cl)cc1. The molecule has 0 fully saturated rings. The number of nitrogens with one attached hydrogen (secondary N) is 1. The van der Waals surface area contributed by atoms with Crippen LogP contribution in [0.15, 0.2) is 24.3 Å². The van der Waals surface area contributed by atoms with Crippen LogP contribution in [0.2, 0.25) is 5.02 Å². The zero-order valence-electron chi connectivity index (χ0n) is 11.1. The molecule has 18 heavy (non-hydrogen) atoms. The molecule has 0 radical (unpaired) electrons. The highest BCUT2D eigenvalue weighted by Gasteiger charge is 2.10. The highest BCUT2D eigenvalue weighted by atomic mass is 35.5. The van der Waals surface area contributed by atoms with Crippen molar-refractivity contribution in [1.82, 2.24) is 5.32 Å². The van der Waals surface area contributed by atoms with Gasteiger partial charge in [-0.3, -0.25) is 4.79 Å². The molecule has 1 rings (SSSR count). The summed E-state index contributed by atoms with van der Waals surface area (Å²) in [6.07, 6.45) is 0. The van der Waals surface area contributed by atoms with Crippen LogP contribution in [0.3, 0.4) is 0 Å². The van der Waals surface area contributed by atoms with Crippen molar-refractivity contribution >= 4 is 29.3 Å². The van der Waals surface area contributed by atoms with Crippen LogP contribution in [0.5, 0.6) is 0 Å². The molecular formula is C14H20ClNOS. The molecule has 0 aromatic heterocycles. The number of thioether (sulfide) groups is 1. The molecule has 0 bridgehead atoms. The highest BCUT2D eigenvalue weighted by Crippen LogP contribution is 2.15. The molecule has 100 valence electrons. The number of halogens is 1. The quantitative estimate of drug-likeness (QED) is 0.863. The standard InChI is InChI=1S/C14H20ClNOS/c1-10(2)11(3)16-14(17)9-18-8-12-4-6-13(15)7-5-12/h4-7,10-11H,8-9H2,1-3H3,(H,16,17). The van der Waals surface area contributed by atoms with Gasteiger partial charge in [-0.2, -0.15) is 0 Å². The van der Waals surface area contributed by atoms with Crippen molar-refractivity contribution in [3.63, 3.8) is 0 Å². The van der Waals surface area contributed by atoms with E-state index in [2.05, 4.69) is 19.2 Å². The molecule has 0 aliphatic carbocycles. The zero-order chi connectivity index (χ0) is 13.5. The van der Waals surface area contributed by atoms with Gasteiger partial charge in [0.2, 0.25) is 5.91 Å². The van der Waals surface area contributed by atoms with Crippen molar-refractivity contribution < 1.29 is 4.79 Å². The monoisotopic (exact) mass is 285 g/mol. The third-order valence-electron chi connectivity index (χ3n) is 2.80. The smallest absolute Gasteiger partial charge is 0.230 e. The second kappa shape index (κ2) is 7.70. The molecule has 1 unspecified atom stereocenters. The van der Waals surface area contributed by atoms with Gasteiger partial charge in [-0.15, -0.1) is 11.8 Å². The second-order valence-electron chi connectivity index (χ2n) is 4.72. The fourth-order valence-corrected chi connectivity index (χ4v) is 2.23. The fourth-order valence-electron chi connectivity index (χ4n) is 1.30. The molecule has 0 spiro atoms. The van der Waals surface area contributed by atoms with Gasteiger partial charge in [0.25, 0.3) is 0 Å². The van der Waals surface area contributed by atoms with Gasteiger partial charge in [-0.1, -0.05) is 37.6 Å². The van der Waals surface area contributed by atoms with E-state index < -0.39 is 0 Å². The summed E-state index contributed by atoms with van der Waals surface area (Å²) in [4.78, 5) is 11.6. The summed E-state index contributed by atoms with van der Waals surface area (Å²) in [6, 6.07) is 7.96. The van der Waals surface area contributed by atoms with Crippen LogP contribution < -0.4 is 5.32 Å². The Morgan fingerprint density at radius 3 is 2.44 bits per heavy atom. The summed E-state index contributed by atoms with van der Waals surface area (Å²) in [5.41, 5.74) is 1.19. The third-order valence-corrected chi connectivity index (χ3v) is 4.06. The summed E-state index contributed by atoms with van der Waals surface area (Å²) in [5, 5.41) is 3.74. The molecule has 1 aromatic rings. The second-order valence-corrected chi connectivity index (χ2v) is 6.14. The van der Waals surface area contributed by atoms with E-state index >= 15 is 0 Å². The van der Waals surface area contributed by atoms with Crippen LogP contribution in [0.1, 0.15) is 26.3 Å². The maximum atomic E-state index is 11.6. The van der Waals surface area contributed by atoms with E-state index in [9.17, 15) is 4.79 Å². The first-order valence-corrected chi connectivity index (χ1v) is 7.64. The number of rotatable bonds is 6. The number of amides is 1. The van der Waals surface area contributed by atoms with Crippen molar-refractivity contribution in [2.75, 3.05) is 5.75 Å². The Morgan fingerprint density at radius 2 is 1.89 bits per heavy atom. The van der Waals surface area contributed by atoms with Crippen LogP contribution in [0, 0.1) is 5.92 Å². The Balaban J connectivity index is 2.25. The van der Waals surface area contributed by atoms with Gasteiger partial charge in [0.05, 0.1) is 5.75 Å². The lowest BCUT2D eigenvalue weighted by Crippen LogP contribution is -2.37. The maximum absolute atomic E-state index is 11.6. The lowest BCUT2D eigenvalue weighted by Gasteiger charge is -2.17. The normalized spacial score (nSPS) is 12.5. The minimum atomic E-state index is 0.107. The number of carbonyl (C=O) groups is 1. The van der Waals surface area contributed by atoms with Gasteiger partial charge in [0, 0.05) is 16.8 Å². The predicted molar refractivity (Wildman–Crippen MR) is 80.1 cm³/mol. The molecule has 0 aliphatic heterocycles. The van der Waals surface area contributed by atoms with E-state index in [1.807, 2.05) is 31.2 Å². The number of benzene rings is 1. The molecule has 1 N–H and O–H groups in total. The van der Waals surface area contributed by atoms with E-state index in [0.717, 1.165) is 10.8 Å². The topological polar surface area (TPSA) is 29.1 Å². The predicted octanol–water partition coefficient (Wildman–Crippen LogP) is 3.73. The molecule has 0 heterocycles. The van der Waals surface area contributed by atoms with Crippen molar-refractivity contribution in [3.05, 3.63) is 34.9 Å². The molecule has 0 saturated heterocycles. The number of hydrogen-bond donors (Lipinski definition) is 1.